The van der Waals surface area contributed by atoms with Crippen LogP contribution in [0, 0.1) is 0 Å². The van der Waals surface area contributed by atoms with Crippen LogP contribution in [0.15, 0.2) is 24.3 Å². The SMILES string of the molecule is COC(=O)Nc1cccc(NC(=O)CCC(C)N)c1. The zero-order valence-electron chi connectivity index (χ0n) is 11.1. The molecule has 6 heteroatoms. The van der Waals surface area contributed by atoms with E-state index in [-0.39, 0.29) is 11.9 Å². The summed E-state index contributed by atoms with van der Waals surface area (Å²) < 4.78 is 4.49. The molecule has 0 aliphatic heterocycles. The van der Waals surface area contributed by atoms with Gasteiger partial charge >= 0.3 is 6.09 Å². The smallest absolute Gasteiger partial charge is 0.411 e. The Hall–Kier alpha value is -2.08. The molecule has 0 fully saturated rings. The maximum Gasteiger partial charge on any atom is 0.411 e. The zero-order chi connectivity index (χ0) is 14.3. The fraction of sp³-hybridized carbons (Fsp3) is 0.385. The number of hydrogen-bond donors (Lipinski definition) is 3. The number of ether oxygens (including phenoxy) is 1. The molecular formula is C13H19N3O3. The summed E-state index contributed by atoms with van der Waals surface area (Å²) in [4.78, 5) is 22.7. The summed E-state index contributed by atoms with van der Waals surface area (Å²) >= 11 is 0. The predicted molar refractivity (Wildman–Crippen MR) is 74.0 cm³/mol. The van der Waals surface area contributed by atoms with Crippen molar-refractivity contribution < 1.29 is 14.3 Å². The van der Waals surface area contributed by atoms with Crippen molar-refractivity contribution in [1.29, 1.82) is 0 Å². The molecule has 0 aromatic heterocycles. The van der Waals surface area contributed by atoms with Gasteiger partial charge in [0.2, 0.25) is 5.91 Å². The molecule has 0 spiro atoms. The van der Waals surface area contributed by atoms with E-state index in [1.54, 1.807) is 24.3 Å². The molecule has 0 aliphatic carbocycles. The van der Waals surface area contributed by atoms with E-state index in [4.69, 9.17) is 5.73 Å². The number of benzene rings is 1. The summed E-state index contributed by atoms with van der Waals surface area (Å²) in [7, 11) is 1.29. The lowest BCUT2D eigenvalue weighted by Crippen LogP contribution is -2.19. The van der Waals surface area contributed by atoms with Gasteiger partial charge < -0.3 is 15.8 Å². The van der Waals surface area contributed by atoms with Crippen LogP contribution in [-0.2, 0) is 9.53 Å². The Morgan fingerprint density at radius 3 is 2.53 bits per heavy atom. The van der Waals surface area contributed by atoms with E-state index in [0.717, 1.165) is 0 Å². The average Bonchev–Trinajstić information content (AvgIpc) is 2.36. The first-order chi connectivity index (χ1) is 9.01. The lowest BCUT2D eigenvalue weighted by Gasteiger charge is -2.09. The quantitative estimate of drug-likeness (QED) is 0.758. The highest BCUT2D eigenvalue weighted by atomic mass is 16.5. The minimum absolute atomic E-state index is 0.00178. The number of methoxy groups -OCH3 is 1. The molecule has 0 saturated carbocycles. The standard InChI is InChI=1S/C13H19N3O3/c1-9(14)6-7-12(17)15-10-4-3-5-11(8-10)16-13(18)19-2/h3-5,8-9H,6-7,14H2,1-2H3,(H,15,17)(H,16,18). The fourth-order valence-electron chi connectivity index (χ4n) is 1.43. The van der Waals surface area contributed by atoms with E-state index in [1.807, 2.05) is 6.92 Å². The summed E-state index contributed by atoms with van der Waals surface area (Å²) in [6.45, 7) is 1.86. The van der Waals surface area contributed by atoms with Crippen molar-refractivity contribution >= 4 is 23.4 Å². The summed E-state index contributed by atoms with van der Waals surface area (Å²) in [6, 6.07) is 6.83. The van der Waals surface area contributed by atoms with Crippen LogP contribution >= 0.6 is 0 Å². The minimum Gasteiger partial charge on any atom is -0.453 e. The third-order valence-corrected chi connectivity index (χ3v) is 2.40. The molecule has 6 nitrogen and oxygen atoms in total. The molecule has 0 saturated heterocycles. The van der Waals surface area contributed by atoms with Crippen LogP contribution in [0.5, 0.6) is 0 Å². The van der Waals surface area contributed by atoms with Gasteiger partial charge in [0.1, 0.15) is 0 Å². The van der Waals surface area contributed by atoms with Crippen molar-refractivity contribution in [2.24, 2.45) is 5.73 Å². The van der Waals surface area contributed by atoms with Crippen LogP contribution in [0.1, 0.15) is 19.8 Å². The van der Waals surface area contributed by atoms with Gasteiger partial charge in [0.15, 0.2) is 0 Å². The van der Waals surface area contributed by atoms with E-state index in [0.29, 0.717) is 24.2 Å². The average molecular weight is 265 g/mol. The van der Waals surface area contributed by atoms with Crippen LogP contribution in [0.3, 0.4) is 0 Å². The highest BCUT2D eigenvalue weighted by molar-refractivity contribution is 5.92. The predicted octanol–water partition coefficient (Wildman–Crippen LogP) is 1.93. The van der Waals surface area contributed by atoms with Gasteiger partial charge in [-0.25, -0.2) is 4.79 Å². The van der Waals surface area contributed by atoms with Crippen molar-refractivity contribution in [2.45, 2.75) is 25.8 Å². The Balaban J connectivity index is 2.56. The largest absolute Gasteiger partial charge is 0.453 e. The summed E-state index contributed by atoms with van der Waals surface area (Å²) in [6.07, 6.45) is 0.443. The minimum atomic E-state index is -0.555. The molecule has 1 atom stereocenters. The molecule has 1 aromatic rings. The van der Waals surface area contributed by atoms with E-state index in [1.165, 1.54) is 7.11 Å². The van der Waals surface area contributed by atoms with Crippen molar-refractivity contribution in [3.05, 3.63) is 24.3 Å². The number of nitrogens with one attached hydrogen (secondary N) is 2. The van der Waals surface area contributed by atoms with E-state index in [9.17, 15) is 9.59 Å². The van der Waals surface area contributed by atoms with Crippen LogP contribution < -0.4 is 16.4 Å². The second-order valence-electron chi connectivity index (χ2n) is 4.26. The van der Waals surface area contributed by atoms with Crippen LogP contribution in [0.25, 0.3) is 0 Å². The lowest BCUT2D eigenvalue weighted by molar-refractivity contribution is -0.116. The molecule has 1 rings (SSSR count). The maximum absolute atomic E-state index is 11.6. The highest BCUT2D eigenvalue weighted by Gasteiger charge is 2.06. The van der Waals surface area contributed by atoms with Gasteiger partial charge in [-0.3, -0.25) is 10.1 Å². The van der Waals surface area contributed by atoms with Gasteiger partial charge in [0.05, 0.1) is 7.11 Å². The monoisotopic (exact) mass is 265 g/mol. The van der Waals surface area contributed by atoms with Gasteiger partial charge in [0.25, 0.3) is 0 Å². The van der Waals surface area contributed by atoms with E-state index in [2.05, 4.69) is 15.4 Å². The van der Waals surface area contributed by atoms with Gasteiger partial charge in [-0.15, -0.1) is 0 Å². The van der Waals surface area contributed by atoms with Gasteiger partial charge in [-0.2, -0.15) is 0 Å². The highest BCUT2D eigenvalue weighted by Crippen LogP contribution is 2.15. The van der Waals surface area contributed by atoms with Crippen LogP contribution in [0.4, 0.5) is 16.2 Å². The molecular weight excluding hydrogens is 246 g/mol. The number of rotatable bonds is 5. The van der Waals surface area contributed by atoms with Crippen molar-refractivity contribution in [1.82, 2.24) is 0 Å². The molecule has 4 N–H and O–H groups in total. The zero-order valence-corrected chi connectivity index (χ0v) is 11.1. The molecule has 104 valence electrons. The molecule has 0 aliphatic rings. The Kier molecular flexibility index (Phi) is 5.81. The van der Waals surface area contributed by atoms with Gasteiger partial charge in [-0.1, -0.05) is 6.07 Å². The Labute approximate surface area is 112 Å². The van der Waals surface area contributed by atoms with Gasteiger partial charge in [0, 0.05) is 23.8 Å². The number of anilines is 2. The van der Waals surface area contributed by atoms with Crippen LogP contribution in [0.2, 0.25) is 0 Å². The van der Waals surface area contributed by atoms with Crippen molar-refractivity contribution in [3.63, 3.8) is 0 Å². The molecule has 19 heavy (non-hydrogen) atoms. The number of carbonyl (C=O) groups is 2. The number of hydrogen-bond acceptors (Lipinski definition) is 4. The topological polar surface area (TPSA) is 93.5 Å². The Morgan fingerprint density at radius 2 is 1.95 bits per heavy atom. The van der Waals surface area contributed by atoms with Crippen LogP contribution in [-0.4, -0.2) is 25.2 Å². The number of amides is 2. The summed E-state index contributed by atoms with van der Waals surface area (Å²) in [5.74, 6) is -0.104. The second kappa shape index (κ2) is 7.38. The first-order valence-electron chi connectivity index (χ1n) is 6.01. The lowest BCUT2D eigenvalue weighted by atomic mass is 10.2. The number of nitrogens with two attached hydrogens (primary N) is 1. The molecule has 0 heterocycles. The van der Waals surface area contributed by atoms with E-state index >= 15 is 0 Å². The molecule has 0 radical (unpaired) electrons. The van der Waals surface area contributed by atoms with Gasteiger partial charge in [-0.05, 0) is 31.5 Å². The first kappa shape index (κ1) is 15.0. The normalized spacial score (nSPS) is 11.5. The third-order valence-electron chi connectivity index (χ3n) is 2.40. The summed E-state index contributed by atoms with van der Waals surface area (Å²) in [5, 5.41) is 5.27. The Bertz CT molecular complexity index is 447. The summed E-state index contributed by atoms with van der Waals surface area (Å²) in [5.41, 5.74) is 6.75. The molecule has 1 aromatic carbocycles. The fourth-order valence-corrected chi connectivity index (χ4v) is 1.43. The molecule has 0 bridgehead atoms. The Morgan fingerprint density at radius 1 is 1.32 bits per heavy atom. The molecule has 2 amide bonds. The van der Waals surface area contributed by atoms with E-state index < -0.39 is 6.09 Å². The molecule has 1 unspecified atom stereocenters. The van der Waals surface area contributed by atoms with Crippen molar-refractivity contribution in [3.8, 4) is 0 Å². The number of carbonyl (C=O) groups excluding carboxylic acids is 2. The maximum atomic E-state index is 11.6. The van der Waals surface area contributed by atoms with Crippen molar-refractivity contribution in [2.75, 3.05) is 17.7 Å². The first-order valence-corrected chi connectivity index (χ1v) is 6.01. The third kappa shape index (κ3) is 5.87. The second-order valence-corrected chi connectivity index (χ2v) is 4.26.